The first kappa shape index (κ1) is 52.9. The van der Waals surface area contributed by atoms with Crippen LogP contribution in [0.5, 0.6) is 0 Å². The molecule has 0 unspecified atom stereocenters. The molecule has 2 aliphatic carbocycles. The highest BCUT2D eigenvalue weighted by Crippen LogP contribution is 2.46. The van der Waals surface area contributed by atoms with Gasteiger partial charge >= 0.3 is 5.97 Å². The number of piperazine rings is 1. The average molecular weight is 1060 g/mol. The molecule has 17 nitrogen and oxygen atoms in total. The molecule has 3 N–H and O–H groups in total. The van der Waals surface area contributed by atoms with E-state index in [0.29, 0.717) is 57.5 Å². The van der Waals surface area contributed by atoms with Crippen molar-refractivity contribution in [1.29, 1.82) is 0 Å². The third-order valence-electron chi connectivity index (χ3n) is 19.1. The van der Waals surface area contributed by atoms with Crippen molar-refractivity contribution in [3.8, 4) is 11.3 Å². The maximum Gasteiger partial charge on any atom is 0.324 e. The van der Waals surface area contributed by atoms with E-state index in [1.807, 2.05) is 0 Å². The van der Waals surface area contributed by atoms with Gasteiger partial charge in [0.25, 0.3) is 5.91 Å². The number of aryl methyl sites for hydroxylation is 1. The molecule has 0 radical (unpaired) electrons. The van der Waals surface area contributed by atoms with Gasteiger partial charge in [0.1, 0.15) is 18.1 Å². The van der Waals surface area contributed by atoms with Crippen LogP contribution < -0.4 is 25.9 Å². The summed E-state index contributed by atoms with van der Waals surface area (Å²) in [4.78, 5) is 75.0. The number of benzene rings is 1. The highest BCUT2D eigenvalue weighted by atomic mass is 16.5. The van der Waals surface area contributed by atoms with E-state index >= 15 is 4.79 Å². The van der Waals surface area contributed by atoms with Crippen LogP contribution in [0.2, 0.25) is 0 Å². The van der Waals surface area contributed by atoms with Gasteiger partial charge in [0.2, 0.25) is 11.8 Å². The van der Waals surface area contributed by atoms with Gasteiger partial charge in [-0.15, -0.1) is 0 Å². The van der Waals surface area contributed by atoms with Gasteiger partial charge in [-0.2, -0.15) is 0 Å². The van der Waals surface area contributed by atoms with E-state index in [1.165, 1.54) is 42.3 Å². The fraction of sp³-hybridized carbons (Fsp3) is 0.717. The van der Waals surface area contributed by atoms with Gasteiger partial charge in [0, 0.05) is 123 Å². The molecule has 2 aromatic heterocycles. The number of nitrogens with one attached hydrogen (secondary N) is 3. The molecule has 7 atom stereocenters. The van der Waals surface area contributed by atoms with Gasteiger partial charge in [0.05, 0.1) is 48.6 Å². The molecule has 7 aliphatic heterocycles. The van der Waals surface area contributed by atoms with Crippen molar-refractivity contribution in [2.75, 3.05) is 95.0 Å². The quantitative estimate of drug-likeness (QED) is 0.162. The molecular weight excluding hydrogens is 971 g/mol. The second kappa shape index (κ2) is 21.0. The number of rotatable bonds is 11. The molecule has 3 amide bonds. The molecule has 9 heterocycles. The number of aromatic nitrogens is 2. The van der Waals surface area contributed by atoms with Crippen molar-refractivity contribution in [3.63, 3.8) is 0 Å². The van der Waals surface area contributed by atoms with Crippen molar-refractivity contribution in [2.45, 2.75) is 167 Å². The highest BCUT2D eigenvalue weighted by Gasteiger charge is 2.55. The molecule has 17 heteroatoms. The fourth-order valence-electron chi connectivity index (χ4n) is 14.5. The number of nitrogens with zero attached hydrogens (tertiary/aromatic N) is 8. The number of amides is 3. The minimum Gasteiger partial charge on any atom is -0.464 e. The summed E-state index contributed by atoms with van der Waals surface area (Å²) in [7, 11) is 0. The third-order valence-corrected chi connectivity index (χ3v) is 19.1. The molecule has 6 saturated heterocycles. The van der Waals surface area contributed by atoms with Crippen LogP contribution in [0, 0.1) is 22.7 Å². The molecule has 418 valence electrons. The van der Waals surface area contributed by atoms with E-state index in [2.05, 4.69) is 124 Å². The van der Waals surface area contributed by atoms with Crippen molar-refractivity contribution < 1.29 is 28.7 Å². The Morgan fingerprint density at radius 2 is 1.69 bits per heavy atom. The fourth-order valence-corrected chi connectivity index (χ4v) is 14.5. The van der Waals surface area contributed by atoms with Gasteiger partial charge in [-0.3, -0.25) is 44.3 Å². The Bertz CT molecular complexity index is 2730. The lowest BCUT2D eigenvalue weighted by Gasteiger charge is -2.39. The first-order valence-electron chi connectivity index (χ1n) is 29.9. The van der Waals surface area contributed by atoms with Gasteiger partial charge in [-0.25, -0.2) is 5.43 Å². The topological polar surface area (TPSA) is 170 Å². The summed E-state index contributed by atoms with van der Waals surface area (Å²) in [5.74, 6) is 0.231. The summed E-state index contributed by atoms with van der Waals surface area (Å²) >= 11 is 0. The second-order valence-electron chi connectivity index (χ2n) is 26.2. The lowest BCUT2D eigenvalue weighted by atomic mass is 9.84. The van der Waals surface area contributed by atoms with Crippen molar-refractivity contribution in [3.05, 3.63) is 41.7 Å². The summed E-state index contributed by atoms with van der Waals surface area (Å²) in [5, 5.41) is 9.50. The Labute approximate surface area is 456 Å². The van der Waals surface area contributed by atoms with Gasteiger partial charge in [0.15, 0.2) is 0 Å². The van der Waals surface area contributed by atoms with Crippen molar-refractivity contribution in [2.24, 2.45) is 22.7 Å². The van der Waals surface area contributed by atoms with E-state index in [0.717, 1.165) is 106 Å². The summed E-state index contributed by atoms with van der Waals surface area (Å²) in [6.45, 7) is 25.4. The molecule has 6 bridgehead atoms. The van der Waals surface area contributed by atoms with Crippen LogP contribution >= 0.6 is 0 Å². The van der Waals surface area contributed by atoms with Crippen molar-refractivity contribution >= 4 is 46.0 Å². The molecule has 9 aliphatic rings. The maximum atomic E-state index is 15.0. The molecule has 77 heavy (non-hydrogen) atoms. The number of pyridine rings is 1. The minimum absolute atomic E-state index is 0.0284. The first-order valence-corrected chi connectivity index (χ1v) is 29.9. The smallest absolute Gasteiger partial charge is 0.324 e. The second-order valence-corrected chi connectivity index (χ2v) is 26.2. The van der Waals surface area contributed by atoms with Crippen LogP contribution in [0.4, 0.5) is 11.4 Å². The standard InChI is InChI=1S/C60H87N11O6/c1-8-70-49-16-15-41-28-44(49)46(54(70)45-29-42(32-61-50(45)37(2)3)66-24-22-65(23-25-66)40-13-14-40)31-59(6,7)36-77-58(75)47-10-9-19-71(64-47)56(73)48(30-43-33-67(41)26-27-76-43)62-55(72)53(38(4)5)68-20-17-60(34-68)18-21-69(35-60)57(74)52-51(63-52)39-11-12-39/h15-16,28-29,32,37-40,43,47-48,51-53,63-64H,8-14,17-27,30-31,33-36H2,1-7H3,(H,62,72)/t43-,47-,48-,51+,52+,53-,60-/m0/s1. The zero-order valence-electron chi connectivity index (χ0n) is 47.2. The Kier molecular flexibility index (Phi) is 14.4. The van der Waals surface area contributed by atoms with Gasteiger partial charge < -0.3 is 34.1 Å². The number of esters is 1. The molecule has 1 aromatic carbocycles. The molecule has 8 fully saturated rings. The number of hydrazine groups is 1. The number of fused-ring (bicyclic) bond motifs is 6. The maximum absolute atomic E-state index is 15.0. The monoisotopic (exact) mass is 1060 g/mol. The largest absolute Gasteiger partial charge is 0.464 e. The molecule has 3 aromatic rings. The van der Waals surface area contributed by atoms with Gasteiger partial charge in [-0.1, -0.05) is 41.5 Å². The number of morpholine rings is 1. The summed E-state index contributed by atoms with van der Waals surface area (Å²) in [5.41, 5.74) is 10.8. The molecule has 2 saturated carbocycles. The lowest BCUT2D eigenvalue weighted by molar-refractivity contribution is -0.156. The van der Waals surface area contributed by atoms with E-state index < -0.39 is 23.5 Å². The molecule has 1 spiro atoms. The summed E-state index contributed by atoms with van der Waals surface area (Å²) in [6, 6.07) is 8.26. The number of hydrogen-bond acceptors (Lipinski definition) is 13. The highest BCUT2D eigenvalue weighted by molar-refractivity contribution is 5.95. The zero-order valence-corrected chi connectivity index (χ0v) is 47.2. The van der Waals surface area contributed by atoms with E-state index in [9.17, 15) is 14.4 Å². The Morgan fingerprint density at radius 1 is 0.896 bits per heavy atom. The SMILES string of the molecule is CCn1c(-c2cc(N3CCN(C4CC4)CC3)cnc2C(C)C)c2c3cc(ccc31)N1CCO[C@@H](C[C@H](NC(=O)[C@H](C(C)C)N3CC[C@]4(CCN(C(=O)[C@@H]5N[C@@H]5C5CC5)C4)C3)C(=O)N3CCC[C@H](N3)C(=O)OCC(C)(C)C2)C1. The van der Waals surface area contributed by atoms with E-state index in [4.69, 9.17) is 14.5 Å². The summed E-state index contributed by atoms with van der Waals surface area (Å²) in [6.07, 6.45) is 10.8. The summed E-state index contributed by atoms with van der Waals surface area (Å²) < 4.78 is 15.3. The van der Waals surface area contributed by atoms with Crippen LogP contribution in [0.1, 0.15) is 123 Å². The zero-order chi connectivity index (χ0) is 53.5. The average Bonchev–Trinajstić information content (AvgIpc) is 4.43. The van der Waals surface area contributed by atoms with Crippen LogP contribution in [0.25, 0.3) is 22.2 Å². The number of carbonyl (C=O) groups is 4. The number of anilines is 2. The Balaban J connectivity index is 0.839. The normalized spacial score (nSPS) is 29.9. The first-order chi connectivity index (χ1) is 37.1. The van der Waals surface area contributed by atoms with Crippen LogP contribution in [0.3, 0.4) is 0 Å². The van der Waals surface area contributed by atoms with Crippen LogP contribution in [-0.2, 0) is 41.6 Å². The lowest BCUT2D eigenvalue weighted by Crippen LogP contribution is -2.62. The predicted molar refractivity (Wildman–Crippen MR) is 298 cm³/mol. The molecule has 12 rings (SSSR count). The van der Waals surface area contributed by atoms with Crippen molar-refractivity contribution in [1.82, 2.24) is 45.3 Å². The molecular formula is C60H87N11O6. The number of carbonyl (C=O) groups excluding carboxylic acids is 4. The predicted octanol–water partition coefficient (Wildman–Crippen LogP) is 5.53. The van der Waals surface area contributed by atoms with Crippen LogP contribution in [0.15, 0.2) is 30.5 Å². The van der Waals surface area contributed by atoms with Gasteiger partial charge in [-0.05, 0) is 119 Å². The number of likely N-dealkylation sites (tertiary alicyclic amines) is 2. The Morgan fingerprint density at radius 3 is 2.43 bits per heavy atom. The van der Waals surface area contributed by atoms with E-state index in [1.54, 1.807) is 5.01 Å². The number of hydrogen-bond donors (Lipinski definition) is 3. The number of cyclic esters (lactones) is 1. The van der Waals surface area contributed by atoms with E-state index in [-0.39, 0.29) is 66.1 Å². The van der Waals surface area contributed by atoms with Crippen LogP contribution in [-0.4, -0.2) is 181 Å². The Hall–Kier alpha value is -4.81. The minimum atomic E-state index is -0.910. The third kappa shape index (κ3) is 10.7. The number of ether oxygens (including phenoxy) is 2.